The van der Waals surface area contributed by atoms with Crippen molar-refractivity contribution in [3.8, 4) is 11.3 Å². The van der Waals surface area contributed by atoms with Crippen LogP contribution in [0.3, 0.4) is 0 Å². The minimum atomic E-state index is 0.652. The first kappa shape index (κ1) is 12.8. The van der Waals surface area contributed by atoms with Crippen LogP contribution in [0.2, 0.25) is 5.02 Å². The largest absolute Gasteiger partial charge is 0.350 e. The molecule has 1 aromatic heterocycles. The van der Waals surface area contributed by atoms with Gasteiger partial charge in [0.05, 0.1) is 0 Å². The second kappa shape index (κ2) is 5.80. The molecule has 100 valence electrons. The monoisotopic (exact) mass is 284 g/mol. The summed E-state index contributed by atoms with van der Waals surface area (Å²) in [5.74, 6) is 0.652. The summed E-state index contributed by atoms with van der Waals surface area (Å²) in [7, 11) is 0. The van der Waals surface area contributed by atoms with Crippen molar-refractivity contribution in [3.05, 3.63) is 71.2 Å². The first-order chi connectivity index (χ1) is 9.81. The van der Waals surface area contributed by atoms with Crippen LogP contribution in [0.25, 0.3) is 11.3 Å². The van der Waals surface area contributed by atoms with Gasteiger partial charge < -0.3 is 9.84 Å². The van der Waals surface area contributed by atoms with Gasteiger partial charge in [-0.1, -0.05) is 59.2 Å². The number of nitrogens with zero attached hydrogens (tertiary/aromatic N) is 1. The van der Waals surface area contributed by atoms with E-state index in [4.69, 9.17) is 16.1 Å². The zero-order chi connectivity index (χ0) is 13.8. The standard InChI is InChI=1S/C16H13ClN2O/c17-14-8-6-13(7-9-14)15-10-16(20-19-15)18-11-12-4-2-1-3-5-12/h1-10,18H,11H2. The Morgan fingerprint density at radius 1 is 1.00 bits per heavy atom. The summed E-state index contributed by atoms with van der Waals surface area (Å²) in [4.78, 5) is 0. The second-order valence-corrected chi connectivity index (χ2v) is 4.86. The van der Waals surface area contributed by atoms with Crippen LogP contribution in [0, 0.1) is 0 Å². The summed E-state index contributed by atoms with van der Waals surface area (Å²) in [6, 6.07) is 19.5. The Bertz CT molecular complexity index is 677. The molecule has 0 bridgehead atoms. The van der Waals surface area contributed by atoms with Gasteiger partial charge >= 0.3 is 0 Å². The van der Waals surface area contributed by atoms with Gasteiger partial charge in [0.25, 0.3) is 0 Å². The van der Waals surface area contributed by atoms with Crippen LogP contribution in [0.5, 0.6) is 0 Å². The van der Waals surface area contributed by atoms with Crippen molar-refractivity contribution in [3.63, 3.8) is 0 Å². The lowest BCUT2D eigenvalue weighted by Crippen LogP contribution is -1.97. The van der Waals surface area contributed by atoms with Crippen molar-refractivity contribution in [1.82, 2.24) is 5.16 Å². The molecule has 3 nitrogen and oxygen atoms in total. The van der Waals surface area contributed by atoms with E-state index in [1.807, 2.05) is 48.5 Å². The van der Waals surface area contributed by atoms with Gasteiger partial charge in [-0.05, 0) is 17.7 Å². The van der Waals surface area contributed by atoms with Crippen LogP contribution in [-0.2, 0) is 6.54 Å². The lowest BCUT2D eigenvalue weighted by Gasteiger charge is -2.00. The van der Waals surface area contributed by atoms with E-state index in [1.165, 1.54) is 5.56 Å². The van der Waals surface area contributed by atoms with E-state index in [9.17, 15) is 0 Å². The molecule has 1 heterocycles. The highest BCUT2D eigenvalue weighted by atomic mass is 35.5. The maximum atomic E-state index is 5.87. The van der Waals surface area contributed by atoms with Crippen molar-refractivity contribution in [2.45, 2.75) is 6.54 Å². The van der Waals surface area contributed by atoms with Crippen molar-refractivity contribution >= 4 is 17.5 Å². The summed E-state index contributed by atoms with van der Waals surface area (Å²) in [5, 5.41) is 7.96. The highest BCUT2D eigenvalue weighted by Gasteiger charge is 2.06. The van der Waals surface area contributed by atoms with Crippen LogP contribution in [0.4, 0.5) is 5.88 Å². The number of halogens is 1. The molecule has 0 radical (unpaired) electrons. The molecule has 3 rings (SSSR count). The Labute approximate surface area is 122 Å². The van der Waals surface area contributed by atoms with Gasteiger partial charge in [0.2, 0.25) is 5.88 Å². The second-order valence-electron chi connectivity index (χ2n) is 4.42. The molecule has 0 fully saturated rings. The maximum absolute atomic E-state index is 5.87. The number of benzene rings is 2. The van der Waals surface area contributed by atoms with E-state index < -0.39 is 0 Å². The van der Waals surface area contributed by atoms with E-state index in [0.29, 0.717) is 17.5 Å². The van der Waals surface area contributed by atoms with Crippen LogP contribution in [0.1, 0.15) is 5.56 Å². The topological polar surface area (TPSA) is 38.1 Å². The minimum absolute atomic E-state index is 0.652. The van der Waals surface area contributed by atoms with Crippen LogP contribution in [0.15, 0.2) is 65.2 Å². The van der Waals surface area contributed by atoms with Crippen LogP contribution in [-0.4, -0.2) is 5.16 Å². The van der Waals surface area contributed by atoms with Gasteiger partial charge in [-0.15, -0.1) is 0 Å². The van der Waals surface area contributed by atoms with Crippen molar-refractivity contribution in [2.75, 3.05) is 5.32 Å². The molecule has 0 aliphatic heterocycles. The highest BCUT2D eigenvalue weighted by molar-refractivity contribution is 6.30. The number of nitrogens with one attached hydrogen (secondary N) is 1. The summed E-state index contributed by atoms with van der Waals surface area (Å²) < 4.78 is 5.28. The molecule has 0 amide bonds. The molecule has 3 aromatic rings. The van der Waals surface area contributed by atoms with Gasteiger partial charge in [-0.2, -0.15) is 0 Å². The number of hydrogen-bond acceptors (Lipinski definition) is 3. The molecular formula is C16H13ClN2O. The molecule has 0 saturated carbocycles. The Balaban J connectivity index is 1.69. The van der Waals surface area contributed by atoms with Crippen molar-refractivity contribution < 1.29 is 4.52 Å². The average Bonchev–Trinajstić information content (AvgIpc) is 2.96. The predicted molar refractivity (Wildman–Crippen MR) is 80.7 cm³/mol. The van der Waals surface area contributed by atoms with E-state index in [2.05, 4.69) is 22.6 Å². The summed E-state index contributed by atoms with van der Waals surface area (Å²) in [6.07, 6.45) is 0. The Hall–Kier alpha value is -2.26. The zero-order valence-electron chi connectivity index (χ0n) is 10.7. The first-order valence-corrected chi connectivity index (χ1v) is 6.69. The number of anilines is 1. The summed E-state index contributed by atoms with van der Waals surface area (Å²) in [6.45, 7) is 0.704. The van der Waals surface area contributed by atoms with Gasteiger partial charge in [0, 0.05) is 23.2 Å². The van der Waals surface area contributed by atoms with Gasteiger partial charge in [-0.3, -0.25) is 0 Å². The molecule has 2 aromatic carbocycles. The smallest absolute Gasteiger partial charge is 0.225 e. The van der Waals surface area contributed by atoms with Gasteiger partial charge in [0.15, 0.2) is 0 Å². The van der Waals surface area contributed by atoms with Crippen molar-refractivity contribution in [2.24, 2.45) is 0 Å². The molecule has 0 spiro atoms. The molecule has 0 aliphatic rings. The van der Waals surface area contributed by atoms with Crippen LogP contribution < -0.4 is 5.32 Å². The number of rotatable bonds is 4. The fourth-order valence-electron chi connectivity index (χ4n) is 1.90. The molecule has 0 unspecified atom stereocenters. The average molecular weight is 285 g/mol. The molecule has 20 heavy (non-hydrogen) atoms. The van der Waals surface area contributed by atoms with E-state index in [-0.39, 0.29) is 0 Å². The van der Waals surface area contributed by atoms with Crippen LogP contribution >= 0.6 is 11.6 Å². The van der Waals surface area contributed by atoms with Gasteiger partial charge in [0.1, 0.15) is 5.69 Å². The van der Waals surface area contributed by atoms with E-state index in [1.54, 1.807) is 0 Å². The highest BCUT2D eigenvalue weighted by Crippen LogP contribution is 2.23. The molecule has 1 N–H and O–H groups in total. The lowest BCUT2D eigenvalue weighted by molar-refractivity contribution is 0.434. The van der Waals surface area contributed by atoms with Crippen molar-refractivity contribution in [1.29, 1.82) is 0 Å². The first-order valence-electron chi connectivity index (χ1n) is 6.32. The summed E-state index contributed by atoms with van der Waals surface area (Å²) >= 11 is 5.87. The third-order valence-corrected chi connectivity index (χ3v) is 3.21. The Kier molecular flexibility index (Phi) is 3.70. The molecular weight excluding hydrogens is 272 g/mol. The fraction of sp³-hybridized carbons (Fsp3) is 0.0625. The van der Waals surface area contributed by atoms with Gasteiger partial charge in [-0.25, -0.2) is 0 Å². The third-order valence-electron chi connectivity index (χ3n) is 2.96. The minimum Gasteiger partial charge on any atom is -0.350 e. The normalized spacial score (nSPS) is 10.4. The SMILES string of the molecule is Clc1ccc(-c2cc(NCc3ccccc3)on2)cc1. The third kappa shape index (κ3) is 3.00. The molecule has 0 atom stereocenters. The lowest BCUT2D eigenvalue weighted by atomic mass is 10.1. The number of aromatic nitrogens is 1. The molecule has 0 saturated heterocycles. The Morgan fingerprint density at radius 3 is 2.50 bits per heavy atom. The fourth-order valence-corrected chi connectivity index (χ4v) is 2.03. The van der Waals surface area contributed by atoms with E-state index >= 15 is 0 Å². The quantitative estimate of drug-likeness (QED) is 0.760. The predicted octanol–water partition coefficient (Wildman–Crippen LogP) is 4.61. The Morgan fingerprint density at radius 2 is 1.75 bits per heavy atom. The maximum Gasteiger partial charge on any atom is 0.225 e. The van der Waals surface area contributed by atoms with E-state index in [0.717, 1.165) is 11.3 Å². The number of hydrogen-bond donors (Lipinski definition) is 1. The molecule has 4 heteroatoms. The summed E-state index contributed by atoms with van der Waals surface area (Å²) in [5.41, 5.74) is 2.96. The zero-order valence-corrected chi connectivity index (χ0v) is 11.5. The molecule has 0 aliphatic carbocycles.